The van der Waals surface area contributed by atoms with E-state index in [9.17, 15) is 9.59 Å². The van der Waals surface area contributed by atoms with Crippen LogP contribution >= 0.6 is 0 Å². The van der Waals surface area contributed by atoms with Gasteiger partial charge in [-0.2, -0.15) is 5.06 Å². The minimum absolute atomic E-state index is 0.0545. The molecule has 6 nitrogen and oxygen atoms in total. The van der Waals surface area contributed by atoms with E-state index >= 15 is 0 Å². The normalized spacial score (nSPS) is 20.4. The number of ether oxygens (including phenoxy) is 2. The summed E-state index contributed by atoms with van der Waals surface area (Å²) < 4.78 is 11.1. The third-order valence-electron chi connectivity index (χ3n) is 5.18. The Hall–Kier alpha value is -2.70. The van der Waals surface area contributed by atoms with Crippen molar-refractivity contribution in [3.05, 3.63) is 59.7 Å². The van der Waals surface area contributed by atoms with Gasteiger partial charge in [0.2, 0.25) is 0 Å². The van der Waals surface area contributed by atoms with E-state index < -0.39 is 17.9 Å². The van der Waals surface area contributed by atoms with Gasteiger partial charge in [-0.05, 0) is 43.0 Å². The molecule has 1 aliphatic carbocycles. The Morgan fingerprint density at radius 3 is 2.21 bits per heavy atom. The fraction of sp³-hybridized carbons (Fsp3) is 0.364. The predicted octanol–water partition coefficient (Wildman–Crippen LogP) is 3.89. The molecule has 0 bridgehead atoms. The van der Waals surface area contributed by atoms with E-state index in [0.717, 1.165) is 27.3 Å². The fourth-order valence-electron chi connectivity index (χ4n) is 3.78. The summed E-state index contributed by atoms with van der Waals surface area (Å²) in [5.41, 5.74) is 4.57. The number of hydrogen-bond donors (Lipinski definition) is 0. The van der Waals surface area contributed by atoms with Crippen molar-refractivity contribution in [3.63, 3.8) is 0 Å². The Balaban J connectivity index is 1.54. The van der Waals surface area contributed by atoms with Gasteiger partial charge in [0.05, 0.1) is 6.61 Å². The number of carbonyl (C=O) groups is 2. The Labute approximate surface area is 164 Å². The summed E-state index contributed by atoms with van der Waals surface area (Å²) in [6.45, 7) is 5.02. The van der Waals surface area contributed by atoms with Crippen LogP contribution in [-0.2, 0) is 19.1 Å². The molecule has 0 aromatic heterocycles. The highest BCUT2D eigenvalue weighted by molar-refractivity contribution is 5.85. The zero-order chi connectivity index (χ0) is 19.9. The van der Waals surface area contributed by atoms with Crippen molar-refractivity contribution < 1.29 is 23.9 Å². The summed E-state index contributed by atoms with van der Waals surface area (Å²) in [4.78, 5) is 30.2. The van der Waals surface area contributed by atoms with Gasteiger partial charge in [0, 0.05) is 5.92 Å². The standard InChI is InChI=1S/C22H23NO5/c1-14(24)20-13-27-22(2,3)28-23(20)21(25)26-12-19-17-10-6-4-8-15(17)16-9-5-7-11-18(16)19/h4-11,19-20H,12-13H2,1-3H3/t20-/m0/s1. The SMILES string of the molecule is CC(=O)[C@@H]1COC(C)(C)ON1C(=O)OCC1c2ccccc2-c2ccccc21. The van der Waals surface area contributed by atoms with Gasteiger partial charge < -0.3 is 9.47 Å². The first-order valence-electron chi connectivity index (χ1n) is 9.35. The summed E-state index contributed by atoms with van der Waals surface area (Å²) in [5.74, 6) is -1.28. The van der Waals surface area contributed by atoms with Crippen LogP contribution < -0.4 is 0 Å². The number of carbonyl (C=O) groups excluding carboxylic acids is 2. The van der Waals surface area contributed by atoms with E-state index in [1.54, 1.807) is 13.8 Å². The van der Waals surface area contributed by atoms with E-state index in [4.69, 9.17) is 14.3 Å². The van der Waals surface area contributed by atoms with E-state index in [0.29, 0.717) is 0 Å². The highest BCUT2D eigenvalue weighted by atomic mass is 16.8. The largest absolute Gasteiger partial charge is 0.447 e. The second-order valence-electron chi connectivity index (χ2n) is 7.56. The molecule has 1 heterocycles. The molecule has 2 aromatic rings. The molecule has 1 aliphatic heterocycles. The van der Waals surface area contributed by atoms with E-state index in [2.05, 4.69) is 24.3 Å². The summed E-state index contributed by atoms with van der Waals surface area (Å²) in [5, 5.41) is 1.01. The first-order chi connectivity index (χ1) is 13.4. The van der Waals surface area contributed by atoms with Crippen molar-refractivity contribution in [1.82, 2.24) is 5.06 Å². The average Bonchev–Trinajstić information content (AvgIpc) is 2.99. The third kappa shape index (κ3) is 3.30. The van der Waals surface area contributed by atoms with Crippen LogP contribution in [0.3, 0.4) is 0 Å². The van der Waals surface area contributed by atoms with Crippen molar-refractivity contribution >= 4 is 11.9 Å². The maximum atomic E-state index is 12.8. The van der Waals surface area contributed by atoms with Crippen LogP contribution in [0.15, 0.2) is 48.5 Å². The number of ketones is 1. The lowest BCUT2D eigenvalue weighted by molar-refractivity contribution is -0.362. The molecule has 1 fully saturated rings. The molecule has 1 amide bonds. The molecule has 4 rings (SSSR count). The van der Waals surface area contributed by atoms with Gasteiger partial charge in [-0.1, -0.05) is 48.5 Å². The number of rotatable bonds is 3. The molecule has 146 valence electrons. The molecule has 6 heteroatoms. The van der Waals surface area contributed by atoms with E-state index in [1.807, 2.05) is 24.3 Å². The zero-order valence-electron chi connectivity index (χ0n) is 16.2. The molecule has 2 aromatic carbocycles. The molecule has 1 atom stereocenters. The number of Topliss-reactive ketones (excluding diaryl/α,β-unsaturated/α-hetero) is 1. The summed E-state index contributed by atoms with van der Waals surface area (Å²) in [7, 11) is 0. The zero-order valence-corrected chi connectivity index (χ0v) is 16.2. The molecule has 0 N–H and O–H groups in total. The minimum atomic E-state index is -1.00. The third-order valence-corrected chi connectivity index (χ3v) is 5.18. The Bertz CT molecular complexity index is 877. The summed E-state index contributed by atoms with van der Waals surface area (Å²) in [6, 6.07) is 15.4. The molecular weight excluding hydrogens is 358 g/mol. The summed E-state index contributed by atoms with van der Waals surface area (Å²) in [6.07, 6.45) is -0.682. The number of nitrogens with zero attached hydrogens (tertiary/aromatic N) is 1. The molecule has 2 aliphatic rings. The molecule has 0 unspecified atom stereocenters. The van der Waals surface area contributed by atoms with Crippen molar-refractivity contribution in [2.24, 2.45) is 0 Å². The first-order valence-corrected chi connectivity index (χ1v) is 9.35. The van der Waals surface area contributed by atoms with Crippen LogP contribution in [0.25, 0.3) is 11.1 Å². The molecule has 0 radical (unpaired) electrons. The minimum Gasteiger partial charge on any atom is -0.447 e. The molecular formula is C22H23NO5. The van der Waals surface area contributed by atoms with Gasteiger partial charge in [-0.25, -0.2) is 9.63 Å². The van der Waals surface area contributed by atoms with Crippen molar-refractivity contribution in [3.8, 4) is 11.1 Å². The lowest BCUT2D eigenvalue weighted by Crippen LogP contribution is -2.57. The maximum absolute atomic E-state index is 12.8. The smallest absolute Gasteiger partial charge is 0.434 e. The van der Waals surface area contributed by atoms with Crippen LogP contribution in [0.1, 0.15) is 37.8 Å². The van der Waals surface area contributed by atoms with Crippen LogP contribution in [0.2, 0.25) is 0 Å². The van der Waals surface area contributed by atoms with Gasteiger partial charge in [-0.3, -0.25) is 4.79 Å². The number of benzene rings is 2. The number of hydrogen-bond acceptors (Lipinski definition) is 5. The van der Waals surface area contributed by atoms with Gasteiger partial charge in [-0.15, -0.1) is 0 Å². The number of amides is 1. The monoisotopic (exact) mass is 381 g/mol. The van der Waals surface area contributed by atoms with Gasteiger partial charge in [0.25, 0.3) is 0 Å². The van der Waals surface area contributed by atoms with Crippen molar-refractivity contribution in [1.29, 1.82) is 0 Å². The van der Waals surface area contributed by atoms with Crippen LogP contribution in [0.5, 0.6) is 0 Å². The topological polar surface area (TPSA) is 65.1 Å². The van der Waals surface area contributed by atoms with E-state index in [1.165, 1.54) is 6.92 Å². The van der Waals surface area contributed by atoms with Gasteiger partial charge in [0.1, 0.15) is 12.6 Å². The predicted molar refractivity (Wildman–Crippen MR) is 102 cm³/mol. The maximum Gasteiger partial charge on any atom is 0.434 e. The van der Waals surface area contributed by atoms with Gasteiger partial charge in [0.15, 0.2) is 11.6 Å². The number of fused-ring (bicyclic) bond motifs is 3. The second kappa shape index (κ2) is 7.04. The average molecular weight is 381 g/mol. The second-order valence-corrected chi connectivity index (χ2v) is 7.56. The Morgan fingerprint density at radius 2 is 1.64 bits per heavy atom. The Kier molecular flexibility index (Phi) is 4.69. The first kappa shape index (κ1) is 18.7. The molecule has 0 saturated carbocycles. The van der Waals surface area contributed by atoms with E-state index in [-0.39, 0.29) is 24.9 Å². The molecule has 1 saturated heterocycles. The van der Waals surface area contributed by atoms with Crippen LogP contribution in [-0.4, -0.2) is 42.0 Å². The van der Waals surface area contributed by atoms with Crippen LogP contribution in [0, 0.1) is 0 Å². The van der Waals surface area contributed by atoms with Gasteiger partial charge >= 0.3 is 6.09 Å². The van der Waals surface area contributed by atoms with Crippen molar-refractivity contribution in [2.45, 2.75) is 38.5 Å². The van der Waals surface area contributed by atoms with Crippen molar-refractivity contribution in [2.75, 3.05) is 13.2 Å². The quantitative estimate of drug-likeness (QED) is 0.807. The van der Waals surface area contributed by atoms with Crippen LogP contribution in [0.4, 0.5) is 4.79 Å². The highest BCUT2D eigenvalue weighted by Gasteiger charge is 2.41. The fourth-order valence-corrected chi connectivity index (χ4v) is 3.78. The summed E-state index contributed by atoms with van der Waals surface area (Å²) >= 11 is 0. The Morgan fingerprint density at radius 1 is 1.07 bits per heavy atom. The lowest BCUT2D eigenvalue weighted by atomic mass is 9.98. The molecule has 28 heavy (non-hydrogen) atoms. The number of hydroxylamine groups is 2. The molecule has 0 spiro atoms. The lowest BCUT2D eigenvalue weighted by Gasteiger charge is -2.40. The highest BCUT2D eigenvalue weighted by Crippen LogP contribution is 2.44.